The Balaban J connectivity index is 1.74. The molecule has 3 aliphatic rings. The third-order valence-corrected chi connectivity index (χ3v) is 8.17. The molecule has 0 aromatic heterocycles. The Morgan fingerprint density at radius 3 is 2.33 bits per heavy atom. The predicted octanol–water partition coefficient (Wildman–Crippen LogP) is -0.809. The van der Waals surface area contributed by atoms with Crippen LogP contribution in [0.15, 0.2) is 24.0 Å². The van der Waals surface area contributed by atoms with E-state index in [-0.39, 0.29) is 34.1 Å². The second-order valence-electron chi connectivity index (χ2n) is 10.4. The first-order chi connectivity index (χ1) is 19.6. The molecule has 14 heteroatoms. The SMILES string of the molecule is COC(=O)c1c(OC2CC(O)C(O)C(C)O2)cc2cc3c(c(O)c2c1C)C(=O)C1(O)C(=O)C=C(OC)C(O)C1(O)C3=O. The normalized spacial score (nSPS) is 32.6. The van der Waals surface area contributed by atoms with Crippen molar-refractivity contribution in [2.45, 2.75) is 62.2 Å². The van der Waals surface area contributed by atoms with E-state index in [1.165, 1.54) is 19.9 Å². The molecule has 0 spiro atoms. The summed E-state index contributed by atoms with van der Waals surface area (Å²) in [5, 5.41) is 64.7. The number of benzene rings is 2. The fourth-order valence-corrected chi connectivity index (χ4v) is 5.85. The van der Waals surface area contributed by atoms with Crippen LogP contribution in [-0.4, -0.2) is 110 Å². The van der Waals surface area contributed by atoms with Crippen molar-refractivity contribution in [1.29, 1.82) is 0 Å². The zero-order chi connectivity index (χ0) is 31.0. The Hall–Kier alpha value is -3.92. The monoisotopic (exact) mass is 588 g/mol. The molecule has 7 atom stereocenters. The number of phenolic OH excluding ortho intramolecular Hbond substituents is 1. The maximum Gasteiger partial charge on any atom is 0.341 e. The molecule has 224 valence electrons. The Labute approximate surface area is 237 Å². The number of Topliss-reactive ketones (excluding diaryl/α,β-unsaturated/α-hetero) is 2. The van der Waals surface area contributed by atoms with Crippen molar-refractivity contribution in [3.63, 3.8) is 0 Å². The summed E-state index contributed by atoms with van der Waals surface area (Å²) in [4.78, 5) is 53.1. The number of aryl methyl sites for hydroxylation is 1. The number of methoxy groups -OCH3 is 2. The zero-order valence-corrected chi connectivity index (χ0v) is 22.8. The molecular weight excluding hydrogens is 560 g/mol. The average molecular weight is 589 g/mol. The molecule has 0 radical (unpaired) electrons. The number of carbonyl (C=O) groups is 4. The molecule has 2 aromatic carbocycles. The number of hydrogen-bond acceptors (Lipinski definition) is 14. The molecule has 7 unspecified atom stereocenters. The van der Waals surface area contributed by atoms with Gasteiger partial charge in [0.05, 0.1) is 32.0 Å². The fourth-order valence-electron chi connectivity index (χ4n) is 5.85. The van der Waals surface area contributed by atoms with Crippen molar-refractivity contribution in [1.82, 2.24) is 0 Å². The van der Waals surface area contributed by atoms with Gasteiger partial charge in [-0.2, -0.15) is 0 Å². The number of aliphatic hydroxyl groups is 5. The zero-order valence-electron chi connectivity index (χ0n) is 22.8. The second kappa shape index (κ2) is 9.83. The van der Waals surface area contributed by atoms with Crippen molar-refractivity contribution < 1.29 is 68.8 Å². The third kappa shape index (κ3) is 3.73. The summed E-state index contributed by atoms with van der Waals surface area (Å²) in [5.41, 5.74) is -8.59. The van der Waals surface area contributed by atoms with E-state index in [4.69, 9.17) is 18.9 Å². The smallest absolute Gasteiger partial charge is 0.341 e. The van der Waals surface area contributed by atoms with Gasteiger partial charge in [-0.25, -0.2) is 4.79 Å². The van der Waals surface area contributed by atoms with Gasteiger partial charge in [-0.3, -0.25) is 14.4 Å². The molecule has 5 rings (SSSR count). The molecule has 2 aliphatic carbocycles. The molecule has 14 nitrogen and oxygen atoms in total. The highest BCUT2D eigenvalue weighted by atomic mass is 16.7. The van der Waals surface area contributed by atoms with Crippen LogP contribution in [0, 0.1) is 6.92 Å². The van der Waals surface area contributed by atoms with Gasteiger partial charge in [0.1, 0.15) is 28.9 Å². The Morgan fingerprint density at radius 1 is 1.07 bits per heavy atom. The van der Waals surface area contributed by atoms with Crippen molar-refractivity contribution in [3.05, 3.63) is 46.2 Å². The van der Waals surface area contributed by atoms with E-state index >= 15 is 0 Å². The lowest BCUT2D eigenvalue weighted by atomic mass is 9.60. The number of ketones is 3. The van der Waals surface area contributed by atoms with Crippen LogP contribution in [0.25, 0.3) is 10.8 Å². The van der Waals surface area contributed by atoms with Gasteiger partial charge >= 0.3 is 5.97 Å². The topological polar surface area (TPSA) is 227 Å². The molecule has 1 aliphatic heterocycles. The Morgan fingerprint density at radius 2 is 1.74 bits per heavy atom. The quantitative estimate of drug-likeness (QED) is 0.190. The largest absolute Gasteiger partial charge is 0.507 e. The maximum absolute atomic E-state index is 13.7. The molecule has 42 heavy (non-hydrogen) atoms. The summed E-state index contributed by atoms with van der Waals surface area (Å²) < 4.78 is 21.2. The van der Waals surface area contributed by atoms with Crippen LogP contribution >= 0.6 is 0 Å². The lowest BCUT2D eigenvalue weighted by molar-refractivity contribution is -0.216. The third-order valence-electron chi connectivity index (χ3n) is 8.17. The van der Waals surface area contributed by atoms with Gasteiger partial charge in [0.15, 0.2) is 6.10 Å². The minimum atomic E-state index is -3.51. The van der Waals surface area contributed by atoms with Gasteiger partial charge in [0.2, 0.25) is 34.8 Å². The fraction of sp³-hybridized carbons (Fsp3) is 0.429. The van der Waals surface area contributed by atoms with Gasteiger partial charge in [-0.05, 0) is 36.9 Å². The number of fused-ring (bicyclic) bond motifs is 3. The highest BCUT2D eigenvalue weighted by molar-refractivity contribution is 6.35. The van der Waals surface area contributed by atoms with Crippen molar-refractivity contribution >= 4 is 34.1 Å². The lowest BCUT2D eigenvalue weighted by Gasteiger charge is -2.47. The van der Waals surface area contributed by atoms with E-state index in [2.05, 4.69) is 0 Å². The minimum absolute atomic E-state index is 0.00346. The van der Waals surface area contributed by atoms with Crippen molar-refractivity contribution in [2.75, 3.05) is 14.2 Å². The highest BCUT2D eigenvalue weighted by Crippen LogP contribution is 2.49. The number of phenols is 1. The van der Waals surface area contributed by atoms with E-state index in [0.717, 1.165) is 20.3 Å². The Kier molecular flexibility index (Phi) is 6.92. The summed E-state index contributed by atoms with van der Waals surface area (Å²) in [5.74, 6) is -7.05. The van der Waals surface area contributed by atoms with E-state index in [1.54, 1.807) is 0 Å². The second-order valence-corrected chi connectivity index (χ2v) is 10.4. The number of ether oxygens (including phenoxy) is 4. The van der Waals surface area contributed by atoms with Gasteiger partial charge in [0.25, 0.3) is 0 Å². The number of carbonyl (C=O) groups excluding carboxylic acids is 4. The number of hydrogen-bond donors (Lipinski definition) is 6. The van der Waals surface area contributed by atoms with Crippen LogP contribution in [0.2, 0.25) is 0 Å². The van der Waals surface area contributed by atoms with Gasteiger partial charge in [-0.15, -0.1) is 0 Å². The van der Waals surface area contributed by atoms with Crippen LogP contribution < -0.4 is 4.74 Å². The molecule has 0 amide bonds. The number of aromatic hydroxyl groups is 1. The van der Waals surface area contributed by atoms with E-state index in [9.17, 15) is 49.8 Å². The van der Waals surface area contributed by atoms with Crippen molar-refractivity contribution in [2.24, 2.45) is 0 Å². The standard InChI is InChI=1S/C28H28O14/c1-9-18-11(6-14(19(9)26(36)40-4)42-17-7-13(29)21(31)10(2)41-17)5-12-20(22(18)32)25(35)27(37)16(30)8-15(39-3)24(34)28(27,38)23(12)33/h5-6,8,10,13,17,21,24,29,31-32,34,37-38H,7H2,1-4H3. The first-order valence-electron chi connectivity index (χ1n) is 12.8. The van der Waals surface area contributed by atoms with Crippen molar-refractivity contribution in [3.8, 4) is 11.5 Å². The lowest BCUT2D eigenvalue weighted by Crippen LogP contribution is -2.76. The number of rotatable bonds is 4. The summed E-state index contributed by atoms with van der Waals surface area (Å²) in [6, 6.07) is 2.28. The predicted molar refractivity (Wildman–Crippen MR) is 138 cm³/mol. The molecule has 1 fully saturated rings. The Bertz CT molecular complexity index is 1580. The summed E-state index contributed by atoms with van der Waals surface area (Å²) in [6.45, 7) is 2.88. The maximum atomic E-state index is 13.7. The molecule has 1 saturated heterocycles. The summed E-state index contributed by atoms with van der Waals surface area (Å²) in [7, 11) is 2.13. The summed E-state index contributed by atoms with van der Waals surface area (Å²) in [6.07, 6.45) is -6.32. The number of esters is 1. The van der Waals surface area contributed by atoms with E-state index in [1.807, 2.05) is 0 Å². The van der Waals surface area contributed by atoms with Crippen LogP contribution in [0.5, 0.6) is 11.5 Å². The van der Waals surface area contributed by atoms with Crippen LogP contribution in [0.4, 0.5) is 0 Å². The molecule has 0 bridgehead atoms. The van der Waals surface area contributed by atoms with E-state index < -0.39 is 87.9 Å². The van der Waals surface area contributed by atoms with Crippen LogP contribution in [0.1, 0.15) is 50.0 Å². The summed E-state index contributed by atoms with van der Waals surface area (Å²) >= 11 is 0. The molecule has 2 aromatic rings. The molecule has 1 heterocycles. The minimum Gasteiger partial charge on any atom is -0.507 e. The van der Waals surface area contributed by atoms with Gasteiger partial charge in [-0.1, -0.05) is 0 Å². The molecule has 0 saturated carbocycles. The molecule has 6 N–H and O–H groups in total. The highest BCUT2D eigenvalue weighted by Gasteiger charge is 2.73. The first-order valence-corrected chi connectivity index (χ1v) is 12.8. The van der Waals surface area contributed by atoms with E-state index in [0.29, 0.717) is 6.08 Å². The van der Waals surface area contributed by atoms with Gasteiger partial charge in [0, 0.05) is 23.4 Å². The first kappa shape index (κ1) is 29.6. The number of aliphatic hydroxyl groups excluding tert-OH is 3. The van der Waals surface area contributed by atoms with Gasteiger partial charge < -0.3 is 49.6 Å². The molecular formula is C28H28O14. The van der Waals surface area contributed by atoms with Crippen LogP contribution in [0.3, 0.4) is 0 Å². The van der Waals surface area contributed by atoms with Crippen LogP contribution in [-0.2, 0) is 19.0 Å². The average Bonchev–Trinajstić information content (AvgIpc) is 2.94.